The Hall–Kier alpha value is -2.79. The normalized spacial score (nSPS) is 11.0. The molecule has 1 aromatic heterocycles. The van der Waals surface area contributed by atoms with Crippen molar-refractivity contribution < 1.29 is 14.2 Å². The number of ether oxygens (including phenoxy) is 3. The lowest BCUT2D eigenvalue weighted by Gasteiger charge is -2.21. The van der Waals surface area contributed by atoms with Crippen molar-refractivity contribution in [3.8, 4) is 17.2 Å². The summed E-state index contributed by atoms with van der Waals surface area (Å²) in [5.41, 5.74) is 2.32. The number of pyridine rings is 1. The van der Waals surface area contributed by atoms with Gasteiger partial charge in [-0.25, -0.2) is 0 Å². The van der Waals surface area contributed by atoms with Crippen LogP contribution in [0.4, 0.5) is 0 Å². The van der Waals surface area contributed by atoms with Gasteiger partial charge in [-0.2, -0.15) is 0 Å². The van der Waals surface area contributed by atoms with Gasteiger partial charge in [0, 0.05) is 36.4 Å². The molecule has 0 bridgehead atoms. The zero-order valence-electron chi connectivity index (χ0n) is 15.7. The molecule has 0 aliphatic rings. The fraction of sp³-hybridized carbons (Fsp3) is 0.286. The molecule has 0 amide bonds. The Bertz CT molecular complexity index is 890. The lowest BCUT2D eigenvalue weighted by atomic mass is 10.1. The van der Waals surface area contributed by atoms with Crippen LogP contribution < -0.4 is 14.2 Å². The van der Waals surface area contributed by atoms with E-state index in [1.54, 1.807) is 21.3 Å². The number of methoxy groups -OCH3 is 3. The van der Waals surface area contributed by atoms with E-state index >= 15 is 0 Å². The van der Waals surface area contributed by atoms with Crippen molar-refractivity contribution in [2.45, 2.75) is 13.1 Å². The lowest BCUT2D eigenvalue weighted by Crippen LogP contribution is -2.18. The summed E-state index contributed by atoms with van der Waals surface area (Å²) in [6.45, 7) is 1.55. The fourth-order valence-corrected chi connectivity index (χ4v) is 3.25. The van der Waals surface area contributed by atoms with Crippen LogP contribution in [-0.4, -0.2) is 38.3 Å². The number of fused-ring (bicyclic) bond motifs is 1. The molecular weight excluding hydrogens is 328 g/mol. The SMILES string of the molecule is COc1ccc(CN(C)Cc2cccc3cnccc23)c(OC)c1OC. The van der Waals surface area contributed by atoms with E-state index in [9.17, 15) is 0 Å². The number of hydrogen-bond donors (Lipinski definition) is 0. The number of aromatic nitrogens is 1. The Morgan fingerprint density at radius 2 is 1.62 bits per heavy atom. The number of rotatable bonds is 7. The minimum Gasteiger partial charge on any atom is -0.493 e. The molecule has 136 valence electrons. The molecule has 1 heterocycles. The summed E-state index contributed by atoms with van der Waals surface area (Å²) in [7, 11) is 6.99. The van der Waals surface area contributed by atoms with E-state index < -0.39 is 0 Å². The van der Waals surface area contributed by atoms with E-state index in [-0.39, 0.29) is 0 Å². The summed E-state index contributed by atoms with van der Waals surface area (Å²) in [6.07, 6.45) is 3.74. The summed E-state index contributed by atoms with van der Waals surface area (Å²) >= 11 is 0. The molecule has 26 heavy (non-hydrogen) atoms. The first-order valence-corrected chi connectivity index (χ1v) is 8.46. The van der Waals surface area contributed by atoms with E-state index in [2.05, 4.69) is 41.2 Å². The first-order chi connectivity index (χ1) is 12.7. The molecule has 5 nitrogen and oxygen atoms in total. The van der Waals surface area contributed by atoms with Crippen molar-refractivity contribution in [2.75, 3.05) is 28.4 Å². The predicted molar refractivity (Wildman–Crippen MR) is 103 cm³/mol. The molecule has 5 heteroatoms. The third kappa shape index (κ3) is 3.58. The van der Waals surface area contributed by atoms with Crippen molar-refractivity contribution in [2.24, 2.45) is 0 Å². The Labute approximate surface area is 154 Å². The van der Waals surface area contributed by atoms with Crippen LogP contribution in [-0.2, 0) is 13.1 Å². The molecule has 0 radical (unpaired) electrons. The van der Waals surface area contributed by atoms with Gasteiger partial charge in [-0.15, -0.1) is 0 Å². The van der Waals surface area contributed by atoms with Crippen LogP contribution in [0.1, 0.15) is 11.1 Å². The van der Waals surface area contributed by atoms with Crippen LogP contribution in [0.2, 0.25) is 0 Å². The minimum atomic E-state index is 0.622. The van der Waals surface area contributed by atoms with Gasteiger partial charge in [0.2, 0.25) is 5.75 Å². The second-order valence-electron chi connectivity index (χ2n) is 6.18. The van der Waals surface area contributed by atoms with E-state index in [0.717, 1.165) is 24.0 Å². The second-order valence-corrected chi connectivity index (χ2v) is 6.18. The molecule has 0 saturated heterocycles. The van der Waals surface area contributed by atoms with E-state index in [4.69, 9.17) is 14.2 Å². The molecule has 0 atom stereocenters. The highest BCUT2D eigenvalue weighted by molar-refractivity contribution is 5.84. The van der Waals surface area contributed by atoms with Gasteiger partial charge >= 0.3 is 0 Å². The molecule has 0 aliphatic carbocycles. The van der Waals surface area contributed by atoms with Gasteiger partial charge in [-0.1, -0.05) is 24.3 Å². The number of hydrogen-bond acceptors (Lipinski definition) is 5. The molecule has 0 unspecified atom stereocenters. The monoisotopic (exact) mass is 352 g/mol. The Balaban J connectivity index is 1.85. The predicted octanol–water partition coefficient (Wildman–Crippen LogP) is 3.89. The molecule has 0 spiro atoms. The average Bonchev–Trinajstić information content (AvgIpc) is 2.67. The minimum absolute atomic E-state index is 0.622. The first kappa shape index (κ1) is 18.0. The van der Waals surface area contributed by atoms with Gasteiger partial charge in [0.25, 0.3) is 0 Å². The summed E-state index contributed by atoms with van der Waals surface area (Å²) in [5.74, 6) is 2.00. The van der Waals surface area contributed by atoms with Gasteiger partial charge in [0.15, 0.2) is 11.5 Å². The zero-order chi connectivity index (χ0) is 18.5. The van der Waals surface area contributed by atoms with Crippen molar-refractivity contribution in [1.29, 1.82) is 0 Å². The number of nitrogens with zero attached hydrogens (tertiary/aromatic N) is 2. The van der Waals surface area contributed by atoms with Crippen molar-refractivity contribution in [3.63, 3.8) is 0 Å². The van der Waals surface area contributed by atoms with Crippen molar-refractivity contribution >= 4 is 10.8 Å². The maximum absolute atomic E-state index is 5.59. The van der Waals surface area contributed by atoms with Gasteiger partial charge in [-0.3, -0.25) is 9.88 Å². The highest BCUT2D eigenvalue weighted by Crippen LogP contribution is 2.40. The first-order valence-electron chi connectivity index (χ1n) is 8.46. The number of benzene rings is 2. The quantitative estimate of drug-likeness (QED) is 0.645. The smallest absolute Gasteiger partial charge is 0.203 e. The Kier molecular flexibility index (Phi) is 5.58. The van der Waals surface area contributed by atoms with Crippen LogP contribution in [0, 0.1) is 0 Å². The average molecular weight is 352 g/mol. The molecule has 3 rings (SSSR count). The molecule has 2 aromatic carbocycles. The second kappa shape index (κ2) is 8.06. The molecule has 0 saturated carbocycles. The topological polar surface area (TPSA) is 43.8 Å². The molecule has 0 N–H and O–H groups in total. The van der Waals surface area contributed by atoms with Crippen LogP contribution in [0.3, 0.4) is 0 Å². The maximum atomic E-state index is 5.59. The molecular formula is C21H24N2O3. The lowest BCUT2D eigenvalue weighted by molar-refractivity contribution is 0.297. The van der Waals surface area contributed by atoms with Crippen molar-refractivity contribution in [1.82, 2.24) is 9.88 Å². The zero-order valence-corrected chi connectivity index (χ0v) is 15.7. The van der Waals surface area contributed by atoms with Gasteiger partial charge in [-0.05, 0) is 30.1 Å². The van der Waals surface area contributed by atoms with Crippen LogP contribution in [0.25, 0.3) is 10.8 Å². The van der Waals surface area contributed by atoms with Gasteiger partial charge in [0.1, 0.15) is 0 Å². The summed E-state index contributed by atoms with van der Waals surface area (Å²) in [5, 5.41) is 2.38. The summed E-state index contributed by atoms with van der Waals surface area (Å²) in [4.78, 5) is 6.45. The van der Waals surface area contributed by atoms with Gasteiger partial charge < -0.3 is 14.2 Å². The van der Waals surface area contributed by atoms with Crippen LogP contribution in [0.5, 0.6) is 17.2 Å². The highest BCUT2D eigenvalue weighted by atomic mass is 16.5. The van der Waals surface area contributed by atoms with Crippen LogP contribution >= 0.6 is 0 Å². The maximum Gasteiger partial charge on any atom is 0.203 e. The van der Waals surface area contributed by atoms with E-state index in [0.29, 0.717) is 17.2 Å². The van der Waals surface area contributed by atoms with E-state index in [1.165, 1.54) is 10.9 Å². The summed E-state index contributed by atoms with van der Waals surface area (Å²) < 4.78 is 16.4. The Morgan fingerprint density at radius 3 is 2.35 bits per heavy atom. The standard InChI is InChI=1S/C21H24N2O3/c1-23(13-16-7-5-6-15-12-22-11-10-18(15)16)14-17-8-9-19(24-2)21(26-4)20(17)25-3/h5-12H,13-14H2,1-4H3. The Morgan fingerprint density at radius 1 is 0.846 bits per heavy atom. The summed E-state index contributed by atoms with van der Waals surface area (Å²) in [6, 6.07) is 12.3. The largest absolute Gasteiger partial charge is 0.493 e. The highest BCUT2D eigenvalue weighted by Gasteiger charge is 2.17. The molecule has 0 aliphatic heterocycles. The third-order valence-electron chi connectivity index (χ3n) is 4.44. The van der Waals surface area contributed by atoms with Crippen LogP contribution in [0.15, 0.2) is 48.8 Å². The fourth-order valence-electron chi connectivity index (χ4n) is 3.25. The molecule has 0 fully saturated rings. The van der Waals surface area contributed by atoms with E-state index in [1.807, 2.05) is 24.5 Å². The van der Waals surface area contributed by atoms with Gasteiger partial charge in [0.05, 0.1) is 21.3 Å². The van der Waals surface area contributed by atoms with Crippen molar-refractivity contribution in [3.05, 3.63) is 59.9 Å². The molecule has 3 aromatic rings. The third-order valence-corrected chi connectivity index (χ3v) is 4.44.